The molecule has 2 N–H and O–H groups in total. The van der Waals surface area contributed by atoms with Gasteiger partial charge in [-0.1, -0.05) is 12.1 Å². The molecule has 0 radical (unpaired) electrons. The van der Waals surface area contributed by atoms with E-state index in [1.54, 1.807) is 30.3 Å². The van der Waals surface area contributed by atoms with Crippen LogP contribution in [0.4, 0.5) is 10.5 Å². The zero-order chi connectivity index (χ0) is 21.0. The van der Waals surface area contributed by atoms with E-state index in [0.29, 0.717) is 5.69 Å². The molecule has 9 heteroatoms. The van der Waals surface area contributed by atoms with Gasteiger partial charge in [0.25, 0.3) is 5.91 Å². The molecule has 0 aliphatic carbocycles. The van der Waals surface area contributed by atoms with Crippen LogP contribution in [-0.2, 0) is 14.4 Å². The maximum absolute atomic E-state index is 12.9. The van der Waals surface area contributed by atoms with Gasteiger partial charge in [0, 0.05) is 37.1 Å². The number of carboxylic acids is 1. The standard InChI is InChI=1S/C20H19N3O6/c1-22-9-6-16(24)18(19(22)27)23(20(28)21-8-5-17(25)26)15-4-2-3-13(11-15)14-7-10-29-12-14/h2-4,6-7,9-12,18H,5,8H2,1H3,(H,21,28)(H,25,26). The predicted molar refractivity (Wildman–Crippen MR) is 103 cm³/mol. The van der Waals surface area contributed by atoms with Crippen LogP contribution in [0.5, 0.6) is 0 Å². The number of anilines is 1. The maximum atomic E-state index is 12.9. The molecule has 1 aromatic heterocycles. The number of carboxylic acid groups (broad SMARTS) is 1. The van der Waals surface area contributed by atoms with E-state index in [-0.39, 0.29) is 13.0 Å². The molecule has 0 fully saturated rings. The molecule has 2 heterocycles. The Hall–Kier alpha value is -3.88. The van der Waals surface area contributed by atoms with Crippen molar-refractivity contribution < 1.29 is 28.7 Å². The van der Waals surface area contributed by atoms with Gasteiger partial charge in [-0.05, 0) is 23.8 Å². The molecule has 3 rings (SSSR count). The molecular formula is C20H19N3O6. The summed E-state index contributed by atoms with van der Waals surface area (Å²) >= 11 is 0. The zero-order valence-corrected chi connectivity index (χ0v) is 15.6. The minimum Gasteiger partial charge on any atom is -0.481 e. The molecule has 0 saturated heterocycles. The molecule has 150 valence electrons. The monoisotopic (exact) mass is 397 g/mol. The highest BCUT2D eigenvalue weighted by atomic mass is 16.4. The first-order valence-electron chi connectivity index (χ1n) is 8.78. The average molecular weight is 397 g/mol. The lowest BCUT2D eigenvalue weighted by Gasteiger charge is -2.33. The molecule has 1 aliphatic rings. The van der Waals surface area contributed by atoms with Crippen molar-refractivity contribution >= 4 is 29.4 Å². The van der Waals surface area contributed by atoms with E-state index in [0.717, 1.165) is 16.0 Å². The van der Waals surface area contributed by atoms with Crippen molar-refractivity contribution in [1.29, 1.82) is 0 Å². The topological polar surface area (TPSA) is 120 Å². The first-order valence-corrected chi connectivity index (χ1v) is 8.78. The smallest absolute Gasteiger partial charge is 0.323 e. The van der Waals surface area contributed by atoms with Crippen molar-refractivity contribution in [3.05, 3.63) is 55.1 Å². The third kappa shape index (κ3) is 4.34. The molecule has 1 aliphatic heterocycles. The van der Waals surface area contributed by atoms with E-state index in [9.17, 15) is 19.2 Å². The number of benzene rings is 1. The summed E-state index contributed by atoms with van der Waals surface area (Å²) in [6.07, 6.45) is 5.31. The van der Waals surface area contributed by atoms with E-state index < -0.39 is 29.7 Å². The maximum Gasteiger partial charge on any atom is 0.323 e. The highest BCUT2D eigenvalue weighted by Crippen LogP contribution is 2.27. The van der Waals surface area contributed by atoms with Crippen molar-refractivity contribution in [3.63, 3.8) is 0 Å². The van der Waals surface area contributed by atoms with Crippen LogP contribution in [0.15, 0.2) is 59.6 Å². The number of aliphatic carboxylic acids is 1. The van der Waals surface area contributed by atoms with Crippen molar-refractivity contribution in [3.8, 4) is 11.1 Å². The number of urea groups is 1. The van der Waals surface area contributed by atoms with E-state index in [4.69, 9.17) is 9.52 Å². The molecular weight excluding hydrogens is 378 g/mol. The fourth-order valence-electron chi connectivity index (χ4n) is 2.91. The number of nitrogens with one attached hydrogen (secondary N) is 1. The number of likely N-dealkylation sites (N-methyl/N-ethyl adjacent to an activating group) is 1. The first kappa shape index (κ1) is 19.9. The normalized spacial score (nSPS) is 16.0. The van der Waals surface area contributed by atoms with Gasteiger partial charge < -0.3 is 19.7 Å². The number of carbonyl (C=O) groups excluding carboxylic acids is 3. The summed E-state index contributed by atoms with van der Waals surface area (Å²) in [5, 5.41) is 11.3. The first-order chi connectivity index (χ1) is 13.9. The SMILES string of the molecule is CN1C=CC(=O)C(N(C(=O)NCCC(=O)O)c2cccc(-c3ccoc3)c2)C1=O. The van der Waals surface area contributed by atoms with Gasteiger partial charge in [-0.15, -0.1) is 0 Å². The van der Waals surface area contributed by atoms with E-state index in [1.807, 2.05) is 0 Å². The van der Waals surface area contributed by atoms with E-state index in [2.05, 4.69) is 5.32 Å². The van der Waals surface area contributed by atoms with Gasteiger partial charge in [0.2, 0.25) is 0 Å². The van der Waals surface area contributed by atoms with Gasteiger partial charge in [-0.25, -0.2) is 4.79 Å². The van der Waals surface area contributed by atoms with Crippen LogP contribution in [-0.4, -0.2) is 53.3 Å². The van der Waals surface area contributed by atoms with Crippen LogP contribution in [0, 0.1) is 0 Å². The van der Waals surface area contributed by atoms with Gasteiger partial charge in [-0.2, -0.15) is 0 Å². The number of hydrogen-bond acceptors (Lipinski definition) is 5. The Balaban J connectivity index is 1.99. The highest BCUT2D eigenvalue weighted by molar-refractivity contribution is 6.19. The summed E-state index contributed by atoms with van der Waals surface area (Å²) in [5.74, 6) is -2.19. The fourth-order valence-corrected chi connectivity index (χ4v) is 2.91. The molecule has 0 saturated carbocycles. The van der Waals surface area contributed by atoms with Crippen LogP contribution in [0.1, 0.15) is 6.42 Å². The Kier molecular flexibility index (Phi) is 5.77. The zero-order valence-electron chi connectivity index (χ0n) is 15.6. The summed E-state index contributed by atoms with van der Waals surface area (Å²) < 4.78 is 5.08. The lowest BCUT2D eigenvalue weighted by molar-refractivity contribution is -0.137. The third-order valence-corrected chi connectivity index (χ3v) is 4.38. The minimum absolute atomic E-state index is 0.146. The van der Waals surface area contributed by atoms with Crippen LogP contribution in [0.3, 0.4) is 0 Å². The lowest BCUT2D eigenvalue weighted by atomic mass is 10.0. The molecule has 0 spiro atoms. The Labute approximate surface area is 166 Å². The van der Waals surface area contributed by atoms with Gasteiger partial charge in [-0.3, -0.25) is 19.3 Å². The van der Waals surface area contributed by atoms with Gasteiger partial charge in [0.05, 0.1) is 18.9 Å². The minimum atomic E-state index is -1.39. The predicted octanol–water partition coefficient (Wildman–Crippen LogP) is 1.86. The van der Waals surface area contributed by atoms with Crippen LogP contribution >= 0.6 is 0 Å². The molecule has 3 amide bonds. The molecule has 2 aromatic rings. The van der Waals surface area contributed by atoms with Crippen molar-refractivity contribution in [2.24, 2.45) is 0 Å². The number of ketones is 1. The number of amides is 3. The number of hydrogen-bond donors (Lipinski definition) is 2. The summed E-state index contributed by atoms with van der Waals surface area (Å²) in [6, 6.07) is 6.34. The number of rotatable bonds is 6. The second-order valence-electron chi connectivity index (χ2n) is 6.38. The highest BCUT2D eigenvalue weighted by Gasteiger charge is 2.39. The van der Waals surface area contributed by atoms with Gasteiger partial charge >= 0.3 is 12.0 Å². The van der Waals surface area contributed by atoms with Gasteiger partial charge in [0.15, 0.2) is 11.8 Å². The summed E-state index contributed by atoms with van der Waals surface area (Å²) in [6.45, 7) is -0.146. The van der Waals surface area contributed by atoms with Crippen LogP contribution in [0.2, 0.25) is 0 Å². The number of furan rings is 1. The van der Waals surface area contributed by atoms with E-state index >= 15 is 0 Å². The Morgan fingerprint density at radius 2 is 2.03 bits per heavy atom. The molecule has 1 aromatic carbocycles. The number of carbonyl (C=O) groups is 4. The molecule has 1 atom stereocenters. The quantitative estimate of drug-likeness (QED) is 0.718. The Morgan fingerprint density at radius 3 is 2.72 bits per heavy atom. The third-order valence-electron chi connectivity index (χ3n) is 4.38. The largest absolute Gasteiger partial charge is 0.481 e. The van der Waals surface area contributed by atoms with Crippen LogP contribution < -0.4 is 10.2 Å². The van der Waals surface area contributed by atoms with Gasteiger partial charge in [0.1, 0.15) is 0 Å². The van der Waals surface area contributed by atoms with Crippen LogP contribution in [0.25, 0.3) is 11.1 Å². The lowest BCUT2D eigenvalue weighted by Crippen LogP contribution is -2.57. The van der Waals surface area contributed by atoms with E-state index in [1.165, 1.54) is 36.7 Å². The molecule has 29 heavy (non-hydrogen) atoms. The molecule has 0 bridgehead atoms. The van der Waals surface area contributed by atoms with Crippen molar-refractivity contribution in [2.45, 2.75) is 12.5 Å². The Bertz CT molecular complexity index is 966. The van der Waals surface area contributed by atoms with Crippen molar-refractivity contribution in [2.75, 3.05) is 18.5 Å². The second-order valence-corrected chi connectivity index (χ2v) is 6.38. The molecule has 9 nitrogen and oxygen atoms in total. The molecule has 1 unspecified atom stereocenters. The fraction of sp³-hybridized carbons (Fsp3) is 0.200. The van der Waals surface area contributed by atoms with Crippen molar-refractivity contribution in [1.82, 2.24) is 10.2 Å². The Morgan fingerprint density at radius 1 is 1.24 bits per heavy atom. The summed E-state index contributed by atoms with van der Waals surface area (Å²) in [4.78, 5) is 51.1. The second kappa shape index (κ2) is 8.42. The summed E-state index contributed by atoms with van der Waals surface area (Å²) in [5.41, 5.74) is 1.79. The number of nitrogens with zero attached hydrogens (tertiary/aromatic N) is 2. The summed E-state index contributed by atoms with van der Waals surface area (Å²) in [7, 11) is 1.49. The average Bonchev–Trinajstić information content (AvgIpc) is 3.23.